The Morgan fingerprint density at radius 2 is 1.51 bits per heavy atom. The SMILES string of the molecule is Cc1ccc(Cn2c(=O)c(=O)n(CC(=O)N3CCN(c4ccccc4)CC3)c3cccnc32)cc1. The fourth-order valence-electron chi connectivity index (χ4n) is 4.51. The Bertz CT molecular complexity index is 1470. The van der Waals surface area contributed by atoms with Crippen LogP contribution >= 0.6 is 0 Å². The second-order valence-electron chi connectivity index (χ2n) is 8.82. The molecule has 0 unspecified atom stereocenters. The van der Waals surface area contributed by atoms with Gasteiger partial charge in [0.05, 0.1) is 12.1 Å². The Labute approximate surface area is 202 Å². The van der Waals surface area contributed by atoms with Crippen molar-refractivity contribution in [3.63, 3.8) is 0 Å². The van der Waals surface area contributed by atoms with Gasteiger partial charge in [-0.2, -0.15) is 0 Å². The summed E-state index contributed by atoms with van der Waals surface area (Å²) < 4.78 is 2.66. The standard InChI is InChI=1S/C27H27N5O3/c1-20-9-11-21(12-10-20)18-32-25-23(8-5-13-28-25)31(26(34)27(32)35)19-24(33)30-16-14-29(15-17-30)22-6-3-2-4-7-22/h2-13H,14-19H2,1H3. The van der Waals surface area contributed by atoms with E-state index in [1.165, 1.54) is 9.13 Å². The van der Waals surface area contributed by atoms with Crippen molar-refractivity contribution in [3.05, 3.63) is 105 Å². The fourth-order valence-corrected chi connectivity index (χ4v) is 4.51. The molecule has 178 valence electrons. The van der Waals surface area contributed by atoms with Crippen LogP contribution in [0.1, 0.15) is 11.1 Å². The van der Waals surface area contributed by atoms with Gasteiger partial charge in [-0.15, -0.1) is 0 Å². The number of hydrogen-bond donors (Lipinski definition) is 0. The Kier molecular flexibility index (Phi) is 6.18. The smallest absolute Gasteiger partial charge is 0.318 e. The van der Waals surface area contributed by atoms with Gasteiger partial charge in [-0.1, -0.05) is 48.0 Å². The van der Waals surface area contributed by atoms with Crippen LogP contribution < -0.4 is 16.0 Å². The molecule has 1 aliphatic rings. The number of aromatic nitrogens is 3. The molecule has 4 aromatic rings. The number of aryl methyl sites for hydroxylation is 1. The fraction of sp³-hybridized carbons (Fsp3) is 0.259. The van der Waals surface area contributed by atoms with E-state index in [4.69, 9.17) is 0 Å². The number of nitrogens with zero attached hydrogens (tertiary/aromatic N) is 5. The third-order valence-corrected chi connectivity index (χ3v) is 6.49. The van der Waals surface area contributed by atoms with Crippen LogP contribution in [0.3, 0.4) is 0 Å². The monoisotopic (exact) mass is 469 g/mol. The van der Waals surface area contributed by atoms with Crippen LogP contribution in [0.25, 0.3) is 11.2 Å². The number of rotatable bonds is 5. The van der Waals surface area contributed by atoms with E-state index < -0.39 is 11.1 Å². The number of amides is 1. The number of anilines is 1. The molecule has 0 atom stereocenters. The van der Waals surface area contributed by atoms with Crippen LogP contribution in [0.15, 0.2) is 82.5 Å². The van der Waals surface area contributed by atoms with E-state index in [1.54, 1.807) is 23.2 Å². The number of hydrogen-bond acceptors (Lipinski definition) is 5. The molecule has 2 aromatic heterocycles. The van der Waals surface area contributed by atoms with Gasteiger partial charge >= 0.3 is 11.1 Å². The van der Waals surface area contributed by atoms with Crippen molar-refractivity contribution < 1.29 is 4.79 Å². The van der Waals surface area contributed by atoms with Crippen LogP contribution in [0, 0.1) is 6.92 Å². The lowest BCUT2D eigenvalue weighted by molar-refractivity contribution is -0.132. The average Bonchev–Trinajstić information content (AvgIpc) is 2.90. The lowest BCUT2D eigenvalue weighted by atomic mass is 10.1. The average molecular weight is 470 g/mol. The van der Waals surface area contributed by atoms with Crippen LogP contribution in [-0.2, 0) is 17.9 Å². The molecule has 0 saturated carbocycles. The molecule has 2 aromatic carbocycles. The van der Waals surface area contributed by atoms with Gasteiger partial charge in [0.15, 0.2) is 5.65 Å². The van der Waals surface area contributed by atoms with E-state index >= 15 is 0 Å². The van der Waals surface area contributed by atoms with Gasteiger partial charge in [-0.25, -0.2) is 4.98 Å². The minimum absolute atomic E-state index is 0.180. The summed E-state index contributed by atoms with van der Waals surface area (Å²) in [7, 11) is 0. The van der Waals surface area contributed by atoms with Crippen LogP contribution in [0.2, 0.25) is 0 Å². The van der Waals surface area contributed by atoms with Crippen LogP contribution in [0.5, 0.6) is 0 Å². The number of pyridine rings is 1. The minimum atomic E-state index is -0.714. The van der Waals surface area contributed by atoms with Crippen molar-refractivity contribution in [2.45, 2.75) is 20.0 Å². The first-order valence-corrected chi connectivity index (χ1v) is 11.7. The molecule has 8 heteroatoms. The molecular weight excluding hydrogens is 442 g/mol. The van der Waals surface area contributed by atoms with Crippen molar-refractivity contribution in [3.8, 4) is 0 Å². The Morgan fingerprint density at radius 3 is 2.23 bits per heavy atom. The molecule has 3 heterocycles. The number of carbonyl (C=O) groups is 1. The lowest BCUT2D eigenvalue weighted by Gasteiger charge is -2.36. The second kappa shape index (κ2) is 9.58. The van der Waals surface area contributed by atoms with Gasteiger partial charge in [-0.05, 0) is 36.8 Å². The normalized spacial score (nSPS) is 13.9. The molecule has 0 bridgehead atoms. The van der Waals surface area contributed by atoms with E-state index in [0.717, 1.165) is 16.8 Å². The lowest BCUT2D eigenvalue weighted by Crippen LogP contribution is -2.51. The van der Waals surface area contributed by atoms with Gasteiger partial charge in [0.1, 0.15) is 6.54 Å². The summed E-state index contributed by atoms with van der Waals surface area (Å²) >= 11 is 0. The summed E-state index contributed by atoms with van der Waals surface area (Å²) in [5.74, 6) is -0.180. The summed E-state index contributed by atoms with van der Waals surface area (Å²) in [6.45, 7) is 4.58. The number of piperazine rings is 1. The largest absolute Gasteiger partial charge is 0.368 e. The summed E-state index contributed by atoms with van der Waals surface area (Å²) in [5.41, 5.74) is 2.61. The predicted molar refractivity (Wildman–Crippen MR) is 136 cm³/mol. The molecule has 0 aliphatic carbocycles. The maximum absolute atomic E-state index is 13.1. The molecule has 0 radical (unpaired) electrons. The second-order valence-corrected chi connectivity index (χ2v) is 8.82. The van der Waals surface area contributed by atoms with E-state index in [1.807, 2.05) is 49.4 Å². The Morgan fingerprint density at radius 1 is 0.829 bits per heavy atom. The maximum atomic E-state index is 13.1. The first-order valence-electron chi connectivity index (χ1n) is 11.7. The third-order valence-electron chi connectivity index (χ3n) is 6.49. The number of para-hydroxylation sites is 1. The Hall–Kier alpha value is -4.20. The minimum Gasteiger partial charge on any atom is -0.368 e. The third kappa shape index (κ3) is 4.59. The zero-order chi connectivity index (χ0) is 24.4. The number of benzene rings is 2. The molecule has 0 N–H and O–H groups in total. The molecule has 1 fully saturated rings. The topological polar surface area (TPSA) is 80.4 Å². The molecule has 35 heavy (non-hydrogen) atoms. The van der Waals surface area contributed by atoms with E-state index in [9.17, 15) is 14.4 Å². The van der Waals surface area contributed by atoms with Crippen molar-refractivity contribution in [1.82, 2.24) is 19.0 Å². The van der Waals surface area contributed by atoms with Crippen LogP contribution in [-0.4, -0.2) is 51.1 Å². The molecule has 8 nitrogen and oxygen atoms in total. The molecule has 0 spiro atoms. The van der Waals surface area contributed by atoms with Crippen molar-refractivity contribution in [2.24, 2.45) is 0 Å². The van der Waals surface area contributed by atoms with E-state index in [2.05, 4.69) is 22.0 Å². The quantitative estimate of drug-likeness (QED) is 0.419. The maximum Gasteiger partial charge on any atom is 0.318 e. The van der Waals surface area contributed by atoms with E-state index in [-0.39, 0.29) is 19.0 Å². The molecule has 5 rings (SSSR count). The zero-order valence-electron chi connectivity index (χ0n) is 19.6. The van der Waals surface area contributed by atoms with Crippen molar-refractivity contribution in [2.75, 3.05) is 31.1 Å². The highest BCUT2D eigenvalue weighted by molar-refractivity contribution is 5.79. The van der Waals surface area contributed by atoms with Crippen LogP contribution in [0.4, 0.5) is 5.69 Å². The number of carbonyl (C=O) groups excluding carboxylic acids is 1. The van der Waals surface area contributed by atoms with Gasteiger partial charge in [0, 0.05) is 38.1 Å². The first-order chi connectivity index (χ1) is 17.0. The summed E-state index contributed by atoms with van der Waals surface area (Å²) in [4.78, 5) is 47.7. The van der Waals surface area contributed by atoms with Gasteiger partial charge in [0.2, 0.25) is 5.91 Å². The molecule has 1 saturated heterocycles. The highest BCUT2D eigenvalue weighted by Gasteiger charge is 2.23. The van der Waals surface area contributed by atoms with Crippen molar-refractivity contribution >= 4 is 22.8 Å². The van der Waals surface area contributed by atoms with Gasteiger partial charge in [-0.3, -0.25) is 23.5 Å². The summed E-state index contributed by atoms with van der Waals surface area (Å²) in [6, 6.07) is 21.3. The first kappa shape index (κ1) is 22.6. The summed E-state index contributed by atoms with van der Waals surface area (Å²) in [5, 5.41) is 0. The zero-order valence-corrected chi connectivity index (χ0v) is 19.6. The highest BCUT2D eigenvalue weighted by atomic mass is 16.2. The predicted octanol–water partition coefficient (Wildman–Crippen LogP) is 2.26. The molecular formula is C27H27N5O3. The summed E-state index contributed by atoms with van der Waals surface area (Å²) in [6.07, 6.45) is 1.59. The van der Waals surface area contributed by atoms with Gasteiger partial charge in [0.25, 0.3) is 0 Å². The Balaban J connectivity index is 1.40. The van der Waals surface area contributed by atoms with Crippen molar-refractivity contribution in [1.29, 1.82) is 0 Å². The van der Waals surface area contributed by atoms with E-state index in [0.29, 0.717) is 37.3 Å². The number of fused-ring (bicyclic) bond motifs is 1. The highest BCUT2D eigenvalue weighted by Crippen LogP contribution is 2.16. The molecule has 1 aliphatic heterocycles. The van der Waals surface area contributed by atoms with Gasteiger partial charge < -0.3 is 9.80 Å². The molecule has 1 amide bonds.